The van der Waals surface area contributed by atoms with Crippen LogP contribution in [0.4, 0.5) is 5.69 Å². The fourth-order valence-corrected chi connectivity index (χ4v) is 5.29. The molecule has 2 N–H and O–H groups in total. The highest BCUT2D eigenvalue weighted by Crippen LogP contribution is 2.35. The fourth-order valence-electron chi connectivity index (χ4n) is 4.20. The van der Waals surface area contributed by atoms with Crippen LogP contribution in [0.2, 0.25) is 0 Å². The molecular weight excluding hydrogens is 412 g/mol. The van der Waals surface area contributed by atoms with Gasteiger partial charge in [-0.25, -0.2) is 17.8 Å². The van der Waals surface area contributed by atoms with E-state index in [1.54, 1.807) is 0 Å². The average molecular weight is 439 g/mol. The standard InChI is InChI=1S/C22H26N6O2S/c1-27-13-17(14-28(2)31(27)30)16-8-9-20(19(10-16)15-6-4-3-5-7-15)26-22(29)21-24-12-18(11-23)25-21/h6,8-10,12,17H,3-5,7,13-14H2,1-2H3,(H,24,25)(H,26,29). The third-order valence-corrected chi connectivity index (χ3v) is 7.16. The van der Waals surface area contributed by atoms with Crippen molar-refractivity contribution in [1.82, 2.24) is 18.6 Å². The number of benzene rings is 1. The molecule has 1 aliphatic heterocycles. The molecule has 8 nitrogen and oxygen atoms in total. The molecule has 1 saturated heterocycles. The number of carbonyl (C=O) groups is 1. The number of H-pyrrole nitrogens is 1. The lowest BCUT2D eigenvalue weighted by atomic mass is 9.89. The molecule has 1 fully saturated rings. The molecule has 2 heterocycles. The number of likely N-dealkylation sites (N-methyl/N-ethyl adjacent to an activating group) is 2. The summed E-state index contributed by atoms with van der Waals surface area (Å²) >= 11 is -1.10. The number of aromatic amines is 1. The van der Waals surface area contributed by atoms with E-state index in [2.05, 4.69) is 27.4 Å². The van der Waals surface area contributed by atoms with Gasteiger partial charge in [0.25, 0.3) is 5.91 Å². The van der Waals surface area contributed by atoms with E-state index in [0.29, 0.717) is 13.1 Å². The minimum atomic E-state index is -1.10. The first-order valence-electron chi connectivity index (χ1n) is 10.4. The summed E-state index contributed by atoms with van der Waals surface area (Å²) in [6.45, 7) is 1.43. The summed E-state index contributed by atoms with van der Waals surface area (Å²) in [6, 6.07) is 8.09. The van der Waals surface area contributed by atoms with Crippen LogP contribution in [-0.2, 0) is 11.2 Å². The maximum absolute atomic E-state index is 12.7. The third kappa shape index (κ3) is 4.61. The van der Waals surface area contributed by atoms with Crippen LogP contribution in [0.5, 0.6) is 0 Å². The van der Waals surface area contributed by atoms with Gasteiger partial charge in [0.05, 0.1) is 6.20 Å². The molecular formula is C22H26N6O2S. The molecule has 1 amide bonds. The monoisotopic (exact) mass is 438 g/mol. The number of carbonyl (C=O) groups excluding carboxylic acids is 1. The van der Waals surface area contributed by atoms with Crippen molar-refractivity contribution in [2.24, 2.45) is 0 Å². The Bertz CT molecular complexity index is 1070. The smallest absolute Gasteiger partial charge is 0.291 e. The number of nitrogens with zero attached hydrogens (tertiary/aromatic N) is 4. The van der Waals surface area contributed by atoms with Crippen molar-refractivity contribution in [1.29, 1.82) is 5.26 Å². The molecule has 0 atom stereocenters. The Kier molecular flexibility index (Phi) is 6.32. The van der Waals surface area contributed by atoms with Crippen LogP contribution in [0.25, 0.3) is 5.57 Å². The zero-order chi connectivity index (χ0) is 22.0. The second-order valence-corrected chi connectivity index (χ2v) is 9.75. The van der Waals surface area contributed by atoms with Gasteiger partial charge in [-0.3, -0.25) is 4.79 Å². The molecule has 0 unspecified atom stereocenters. The lowest BCUT2D eigenvalue weighted by Crippen LogP contribution is -2.45. The minimum Gasteiger partial charge on any atom is -0.326 e. The van der Waals surface area contributed by atoms with E-state index >= 15 is 0 Å². The summed E-state index contributed by atoms with van der Waals surface area (Å²) in [6.07, 6.45) is 7.92. The van der Waals surface area contributed by atoms with Gasteiger partial charge in [-0.15, -0.1) is 0 Å². The third-order valence-electron chi connectivity index (χ3n) is 5.80. The predicted molar refractivity (Wildman–Crippen MR) is 120 cm³/mol. The summed E-state index contributed by atoms with van der Waals surface area (Å²) in [4.78, 5) is 19.4. The molecule has 0 bridgehead atoms. The van der Waals surface area contributed by atoms with E-state index in [1.165, 1.54) is 23.8 Å². The van der Waals surface area contributed by atoms with Crippen molar-refractivity contribution in [3.8, 4) is 6.07 Å². The molecule has 4 rings (SSSR count). The van der Waals surface area contributed by atoms with E-state index in [1.807, 2.05) is 40.9 Å². The van der Waals surface area contributed by atoms with Gasteiger partial charge in [0.15, 0.2) is 17.0 Å². The second-order valence-electron chi connectivity index (χ2n) is 8.04. The highest BCUT2D eigenvalue weighted by molar-refractivity contribution is 7.80. The number of amides is 1. The highest BCUT2D eigenvalue weighted by atomic mass is 32.2. The Balaban J connectivity index is 1.65. The van der Waals surface area contributed by atoms with Crippen molar-refractivity contribution < 1.29 is 9.00 Å². The van der Waals surface area contributed by atoms with E-state index in [4.69, 9.17) is 5.26 Å². The lowest BCUT2D eigenvalue weighted by Gasteiger charge is -2.35. The number of anilines is 1. The zero-order valence-corrected chi connectivity index (χ0v) is 18.5. The minimum absolute atomic E-state index is 0.113. The number of rotatable bonds is 4. The van der Waals surface area contributed by atoms with Gasteiger partial charge in [-0.2, -0.15) is 5.26 Å². The molecule has 1 aromatic heterocycles. The Morgan fingerprint density at radius 1 is 1.29 bits per heavy atom. The normalized spacial score (nSPS) is 22.5. The number of allylic oxidation sites excluding steroid dienone is 2. The summed E-state index contributed by atoms with van der Waals surface area (Å²) in [5, 5.41) is 11.9. The van der Waals surface area contributed by atoms with Gasteiger partial charge in [-0.05, 0) is 49.0 Å². The van der Waals surface area contributed by atoms with Crippen LogP contribution in [0.15, 0.2) is 30.5 Å². The van der Waals surface area contributed by atoms with Crippen molar-refractivity contribution in [3.63, 3.8) is 0 Å². The average Bonchev–Trinajstić information content (AvgIpc) is 3.27. The van der Waals surface area contributed by atoms with Crippen LogP contribution < -0.4 is 5.32 Å². The van der Waals surface area contributed by atoms with Gasteiger partial charge < -0.3 is 10.3 Å². The fraction of sp³-hybridized carbons (Fsp3) is 0.409. The maximum Gasteiger partial charge on any atom is 0.291 e. The summed E-state index contributed by atoms with van der Waals surface area (Å²) in [5.41, 5.74) is 4.41. The predicted octanol–water partition coefficient (Wildman–Crippen LogP) is 3.03. The van der Waals surface area contributed by atoms with Gasteiger partial charge in [-0.1, -0.05) is 12.1 Å². The SMILES string of the molecule is CN1CC(c2ccc(NC(=O)c3ncc(C#N)[nH]3)c(C3=CCCCC3)c2)CN(C)S1=O. The largest absolute Gasteiger partial charge is 0.326 e. The molecule has 31 heavy (non-hydrogen) atoms. The summed E-state index contributed by atoms with van der Waals surface area (Å²) in [7, 11) is 3.74. The summed E-state index contributed by atoms with van der Waals surface area (Å²) < 4.78 is 15.9. The molecule has 2 aliphatic rings. The molecule has 162 valence electrons. The van der Waals surface area contributed by atoms with Crippen LogP contribution in [0.3, 0.4) is 0 Å². The van der Waals surface area contributed by atoms with Gasteiger partial charge >= 0.3 is 0 Å². The van der Waals surface area contributed by atoms with E-state index in [9.17, 15) is 9.00 Å². The van der Waals surface area contributed by atoms with Crippen molar-refractivity contribution >= 4 is 28.3 Å². The van der Waals surface area contributed by atoms with Gasteiger partial charge in [0.2, 0.25) is 0 Å². The van der Waals surface area contributed by atoms with Crippen LogP contribution in [-0.4, -0.2) is 55.9 Å². The van der Waals surface area contributed by atoms with Crippen LogP contribution in [0, 0.1) is 11.3 Å². The number of nitrogens with one attached hydrogen (secondary N) is 2. The number of nitriles is 1. The molecule has 9 heteroatoms. The highest BCUT2D eigenvalue weighted by Gasteiger charge is 2.29. The van der Waals surface area contributed by atoms with Crippen LogP contribution >= 0.6 is 0 Å². The molecule has 1 aromatic carbocycles. The number of aromatic nitrogens is 2. The molecule has 0 saturated carbocycles. The first kappa shape index (κ1) is 21.4. The van der Waals surface area contributed by atoms with E-state index in [0.717, 1.165) is 30.5 Å². The van der Waals surface area contributed by atoms with Crippen molar-refractivity contribution in [2.75, 3.05) is 32.5 Å². The van der Waals surface area contributed by atoms with E-state index < -0.39 is 11.2 Å². The van der Waals surface area contributed by atoms with Crippen molar-refractivity contribution in [3.05, 3.63) is 53.1 Å². The summed E-state index contributed by atoms with van der Waals surface area (Å²) in [5.74, 6) is -0.0368. The van der Waals surface area contributed by atoms with Gasteiger partial charge in [0.1, 0.15) is 11.8 Å². The van der Waals surface area contributed by atoms with Crippen LogP contribution in [0.1, 0.15) is 59.0 Å². The molecule has 2 aromatic rings. The number of hydrogen-bond donors (Lipinski definition) is 2. The Hall–Kier alpha value is -2.80. The Morgan fingerprint density at radius 3 is 2.71 bits per heavy atom. The first-order chi connectivity index (χ1) is 15.0. The first-order valence-corrected chi connectivity index (χ1v) is 11.5. The number of hydrogen-bond acceptors (Lipinski definition) is 4. The van der Waals surface area contributed by atoms with Gasteiger partial charge in [0, 0.05) is 44.4 Å². The molecule has 0 spiro atoms. The Labute approximate surface area is 184 Å². The number of imidazole rings is 1. The molecule has 1 aliphatic carbocycles. The Morgan fingerprint density at radius 2 is 2.06 bits per heavy atom. The second kappa shape index (κ2) is 9.14. The topological polar surface area (TPSA) is 105 Å². The maximum atomic E-state index is 12.7. The zero-order valence-electron chi connectivity index (χ0n) is 17.7. The molecule has 0 radical (unpaired) electrons. The van der Waals surface area contributed by atoms with Crippen molar-refractivity contribution in [2.45, 2.75) is 31.6 Å². The van der Waals surface area contributed by atoms with E-state index in [-0.39, 0.29) is 23.3 Å². The lowest BCUT2D eigenvalue weighted by molar-refractivity contribution is 0.101. The quantitative estimate of drug-likeness (QED) is 0.765.